The lowest BCUT2D eigenvalue weighted by Crippen LogP contribution is -2.46. The average molecular weight is 448 g/mol. The van der Waals surface area contributed by atoms with Crippen LogP contribution in [0.2, 0.25) is 5.04 Å². The van der Waals surface area contributed by atoms with E-state index in [0.29, 0.717) is 0 Å². The van der Waals surface area contributed by atoms with Crippen LogP contribution in [0.4, 0.5) is 10.5 Å². The molecule has 0 radical (unpaired) electrons. The SMILES string of the molecule is C=CCCc1c(NC(=O)OC(C)(C)C)ccc2c1O[C@H](C(C)(C)O[SiH2]C(C)(C)C)CC2. The van der Waals surface area contributed by atoms with E-state index in [0.717, 1.165) is 42.7 Å². The molecule has 0 spiro atoms. The number of rotatable bonds is 7. The normalized spacial score (nSPS) is 17.2. The highest BCUT2D eigenvalue weighted by Crippen LogP contribution is 2.40. The summed E-state index contributed by atoms with van der Waals surface area (Å²) in [6.07, 6.45) is 4.77. The zero-order valence-electron chi connectivity index (χ0n) is 20.7. The maximum Gasteiger partial charge on any atom is 0.412 e. The lowest BCUT2D eigenvalue weighted by atomic mass is 9.90. The predicted molar refractivity (Wildman–Crippen MR) is 131 cm³/mol. The van der Waals surface area contributed by atoms with E-state index in [1.807, 2.05) is 39.0 Å². The van der Waals surface area contributed by atoms with E-state index < -0.39 is 21.5 Å². The van der Waals surface area contributed by atoms with Crippen molar-refractivity contribution in [3.8, 4) is 5.75 Å². The van der Waals surface area contributed by atoms with Crippen LogP contribution in [0.1, 0.15) is 79.4 Å². The topological polar surface area (TPSA) is 56.8 Å². The molecule has 174 valence electrons. The molecule has 0 bridgehead atoms. The van der Waals surface area contributed by atoms with Crippen molar-refractivity contribution in [1.82, 2.24) is 0 Å². The van der Waals surface area contributed by atoms with Gasteiger partial charge in [0.1, 0.15) is 17.5 Å². The minimum atomic E-state index is -0.705. The number of carbonyl (C=O) groups is 1. The third-order valence-corrected chi connectivity index (χ3v) is 6.92. The molecule has 1 N–H and O–H groups in total. The van der Waals surface area contributed by atoms with Crippen LogP contribution in [0.15, 0.2) is 24.8 Å². The van der Waals surface area contributed by atoms with Crippen molar-refractivity contribution >= 4 is 21.5 Å². The zero-order chi connectivity index (χ0) is 23.4. The van der Waals surface area contributed by atoms with Crippen molar-refractivity contribution in [3.05, 3.63) is 35.9 Å². The third kappa shape index (κ3) is 7.69. The summed E-state index contributed by atoms with van der Waals surface area (Å²) in [5.41, 5.74) is 1.99. The number of carbonyl (C=O) groups excluding carboxylic acids is 1. The number of hydrogen-bond donors (Lipinski definition) is 1. The number of anilines is 1. The summed E-state index contributed by atoms with van der Waals surface area (Å²) in [5.74, 6) is 0.876. The van der Waals surface area contributed by atoms with Gasteiger partial charge < -0.3 is 13.9 Å². The number of aryl methyl sites for hydroxylation is 1. The Bertz CT molecular complexity index is 790. The number of nitrogens with one attached hydrogen (secondary N) is 1. The Morgan fingerprint density at radius 3 is 2.48 bits per heavy atom. The second-order valence-electron chi connectivity index (χ2n) is 11.1. The first-order valence-corrected chi connectivity index (χ1v) is 12.6. The van der Waals surface area contributed by atoms with Crippen LogP contribution in [0.25, 0.3) is 0 Å². The standard InChI is InChI=1S/C25H41NO4Si/c1-10-11-12-18-19(26-22(27)29-23(2,3)4)15-13-17-14-16-20(28-21(17)18)25(8,9)30-31-24(5,6)7/h10,13,15,20H,1,11-12,14,16,31H2,2-9H3,(H,26,27)/t20-/m0/s1. The van der Waals surface area contributed by atoms with Crippen LogP contribution >= 0.6 is 0 Å². The van der Waals surface area contributed by atoms with Crippen molar-refractivity contribution in [1.29, 1.82) is 0 Å². The van der Waals surface area contributed by atoms with Crippen LogP contribution < -0.4 is 10.1 Å². The van der Waals surface area contributed by atoms with Gasteiger partial charge in [0.2, 0.25) is 0 Å². The molecule has 6 heteroatoms. The van der Waals surface area contributed by atoms with E-state index in [2.05, 4.69) is 46.5 Å². The van der Waals surface area contributed by atoms with Gasteiger partial charge in [-0.1, -0.05) is 32.9 Å². The number of benzene rings is 1. The van der Waals surface area contributed by atoms with Crippen molar-refractivity contribution in [2.24, 2.45) is 0 Å². The van der Waals surface area contributed by atoms with Gasteiger partial charge >= 0.3 is 6.09 Å². The quantitative estimate of drug-likeness (QED) is 0.415. The fraction of sp³-hybridized carbons (Fsp3) is 0.640. The van der Waals surface area contributed by atoms with E-state index in [9.17, 15) is 4.79 Å². The van der Waals surface area contributed by atoms with Crippen LogP contribution in [-0.4, -0.2) is 33.2 Å². The largest absolute Gasteiger partial charge is 0.487 e. The molecular formula is C25H41NO4Si. The van der Waals surface area contributed by atoms with Gasteiger partial charge in [0, 0.05) is 5.56 Å². The Hall–Kier alpha value is -1.79. The summed E-state index contributed by atoms with van der Waals surface area (Å²) in [6.45, 7) is 20.4. The first-order valence-electron chi connectivity index (χ1n) is 11.3. The van der Waals surface area contributed by atoms with Gasteiger partial charge in [-0.2, -0.15) is 0 Å². The number of allylic oxidation sites excluding steroid dienone is 1. The molecule has 31 heavy (non-hydrogen) atoms. The molecule has 0 fully saturated rings. The fourth-order valence-electron chi connectivity index (χ4n) is 3.52. The molecule has 0 aliphatic carbocycles. The van der Waals surface area contributed by atoms with E-state index in [1.54, 1.807) is 0 Å². The van der Waals surface area contributed by atoms with Gasteiger partial charge in [-0.15, -0.1) is 6.58 Å². The van der Waals surface area contributed by atoms with Crippen molar-refractivity contribution in [2.75, 3.05) is 5.32 Å². The first-order chi connectivity index (χ1) is 14.2. The van der Waals surface area contributed by atoms with Gasteiger partial charge in [0.25, 0.3) is 0 Å². The highest BCUT2D eigenvalue weighted by Gasteiger charge is 2.37. The maximum atomic E-state index is 12.4. The Morgan fingerprint density at radius 1 is 1.23 bits per heavy atom. The molecule has 0 saturated heterocycles. The number of amides is 1. The first kappa shape index (κ1) is 25.5. The Labute approximate surface area is 190 Å². The number of fused-ring (bicyclic) bond motifs is 1. The van der Waals surface area contributed by atoms with Gasteiger partial charge in [0.15, 0.2) is 9.76 Å². The van der Waals surface area contributed by atoms with Crippen LogP contribution in [0.3, 0.4) is 0 Å². The lowest BCUT2D eigenvalue weighted by Gasteiger charge is -2.40. The molecule has 1 aliphatic rings. The van der Waals surface area contributed by atoms with Gasteiger partial charge in [-0.05, 0) is 77.0 Å². The van der Waals surface area contributed by atoms with Crippen LogP contribution in [-0.2, 0) is 22.0 Å². The Morgan fingerprint density at radius 2 is 1.90 bits per heavy atom. The van der Waals surface area contributed by atoms with Crippen molar-refractivity contribution in [3.63, 3.8) is 0 Å². The summed E-state index contributed by atoms with van der Waals surface area (Å²) in [6, 6.07) is 4.01. The molecule has 0 unspecified atom stereocenters. The van der Waals surface area contributed by atoms with E-state index >= 15 is 0 Å². The van der Waals surface area contributed by atoms with E-state index in [4.69, 9.17) is 13.9 Å². The zero-order valence-corrected chi connectivity index (χ0v) is 22.1. The molecule has 0 saturated carbocycles. The minimum Gasteiger partial charge on any atom is -0.487 e. The molecule has 1 atom stereocenters. The predicted octanol–water partition coefficient (Wildman–Crippen LogP) is 5.94. The van der Waals surface area contributed by atoms with Crippen molar-refractivity contribution in [2.45, 2.75) is 103 Å². The third-order valence-electron chi connectivity index (χ3n) is 5.16. The van der Waals surface area contributed by atoms with Gasteiger partial charge in [-0.3, -0.25) is 5.32 Å². The van der Waals surface area contributed by atoms with Crippen LogP contribution in [0.5, 0.6) is 5.75 Å². The fourth-order valence-corrected chi connectivity index (χ4v) is 4.51. The summed E-state index contributed by atoms with van der Waals surface area (Å²) >= 11 is 0. The molecule has 5 nitrogen and oxygen atoms in total. The second kappa shape index (κ2) is 9.78. The Kier molecular flexibility index (Phi) is 8.03. The minimum absolute atomic E-state index is 0.0332. The lowest BCUT2D eigenvalue weighted by molar-refractivity contribution is -0.0244. The van der Waals surface area contributed by atoms with Crippen molar-refractivity contribution < 1.29 is 18.7 Å². The summed E-state index contributed by atoms with van der Waals surface area (Å²) < 4.78 is 18.5. The molecule has 1 aliphatic heterocycles. The molecule has 0 aromatic heterocycles. The average Bonchev–Trinajstić information content (AvgIpc) is 2.63. The highest BCUT2D eigenvalue weighted by atomic mass is 28.2. The molecule has 2 rings (SSSR count). The van der Waals surface area contributed by atoms with Crippen LogP contribution in [0, 0.1) is 0 Å². The monoisotopic (exact) mass is 447 g/mol. The van der Waals surface area contributed by atoms with Gasteiger partial charge in [-0.25, -0.2) is 4.79 Å². The van der Waals surface area contributed by atoms with E-state index in [1.165, 1.54) is 5.56 Å². The smallest absolute Gasteiger partial charge is 0.412 e. The highest BCUT2D eigenvalue weighted by molar-refractivity contribution is 6.31. The van der Waals surface area contributed by atoms with Gasteiger partial charge in [0.05, 0.1) is 11.3 Å². The Balaban J connectivity index is 2.30. The number of ether oxygens (including phenoxy) is 2. The van der Waals surface area contributed by atoms with E-state index in [-0.39, 0.29) is 16.7 Å². The molecule has 1 aromatic carbocycles. The summed E-state index contributed by atoms with van der Waals surface area (Å²) in [7, 11) is -0.705. The molecule has 1 amide bonds. The summed E-state index contributed by atoms with van der Waals surface area (Å²) in [4.78, 5) is 12.4. The summed E-state index contributed by atoms with van der Waals surface area (Å²) in [5, 5.41) is 3.15. The molecule has 1 heterocycles. The molecular weight excluding hydrogens is 406 g/mol. The maximum absolute atomic E-state index is 12.4. The second-order valence-corrected chi connectivity index (χ2v) is 13.8. The number of hydrogen-bond acceptors (Lipinski definition) is 4. The molecule has 1 aromatic rings.